The molecule has 0 fully saturated rings. The largest absolute Gasteiger partial charge is 0.437 e. The maximum Gasteiger partial charge on any atom is 0.219 e. The molecule has 2 rings (SSSR count). The minimum Gasteiger partial charge on any atom is -0.437 e. The van der Waals surface area contributed by atoms with Gasteiger partial charge in [-0.2, -0.15) is 0 Å². The topological polar surface area (TPSA) is 47.0 Å². The number of nitrogens with zero attached hydrogens (tertiary/aromatic N) is 2. The maximum atomic E-state index is 5.86. The average Bonchev–Trinajstić information content (AvgIpc) is 2.40. The van der Waals surface area contributed by atoms with E-state index in [4.69, 9.17) is 4.74 Å². The zero-order chi connectivity index (χ0) is 15.2. The molecular weight excluding hydrogens is 262 g/mol. The first kappa shape index (κ1) is 15.4. The molecule has 4 heteroatoms. The summed E-state index contributed by atoms with van der Waals surface area (Å²) in [5.74, 6) is 2.01. The highest BCUT2D eigenvalue weighted by molar-refractivity contribution is 5.32. The van der Waals surface area contributed by atoms with Gasteiger partial charge in [0.2, 0.25) is 5.88 Å². The van der Waals surface area contributed by atoms with Gasteiger partial charge in [0.1, 0.15) is 0 Å². The lowest BCUT2D eigenvalue weighted by Gasteiger charge is -2.11. The Balaban J connectivity index is 2.10. The highest BCUT2D eigenvalue weighted by Crippen LogP contribution is 2.23. The second-order valence-corrected chi connectivity index (χ2v) is 5.67. The lowest BCUT2D eigenvalue weighted by molar-refractivity contribution is 0.454. The van der Waals surface area contributed by atoms with Gasteiger partial charge in [-0.1, -0.05) is 13.8 Å². The summed E-state index contributed by atoms with van der Waals surface area (Å²) in [6.45, 7) is 10.1. The fourth-order valence-corrected chi connectivity index (χ4v) is 2.06. The molecule has 0 aliphatic carbocycles. The number of ether oxygens (including phenoxy) is 1. The Hall–Kier alpha value is -1.94. The van der Waals surface area contributed by atoms with Crippen LogP contribution in [0.4, 0.5) is 0 Å². The fourth-order valence-electron chi connectivity index (χ4n) is 2.06. The summed E-state index contributed by atoms with van der Waals surface area (Å²) in [5, 5.41) is 3.44. The lowest BCUT2D eigenvalue weighted by atomic mass is 10.2. The molecule has 0 aliphatic heterocycles. The summed E-state index contributed by atoms with van der Waals surface area (Å²) in [6, 6.07) is 7.83. The van der Waals surface area contributed by atoms with Crippen LogP contribution in [0.15, 0.2) is 30.5 Å². The van der Waals surface area contributed by atoms with Crippen molar-refractivity contribution in [1.29, 1.82) is 0 Å². The van der Waals surface area contributed by atoms with Gasteiger partial charge < -0.3 is 10.1 Å². The Bertz CT molecular complexity index is 596. The van der Waals surface area contributed by atoms with Crippen LogP contribution in [0.1, 0.15) is 30.8 Å². The molecule has 0 saturated carbocycles. The molecule has 0 atom stereocenters. The van der Waals surface area contributed by atoms with E-state index >= 15 is 0 Å². The van der Waals surface area contributed by atoms with Crippen molar-refractivity contribution in [3.8, 4) is 11.6 Å². The van der Waals surface area contributed by atoms with Crippen molar-refractivity contribution in [2.75, 3.05) is 6.54 Å². The smallest absolute Gasteiger partial charge is 0.219 e. The summed E-state index contributed by atoms with van der Waals surface area (Å²) in [5.41, 5.74) is 3.00. The van der Waals surface area contributed by atoms with Crippen LogP contribution in [-0.4, -0.2) is 16.5 Å². The number of aryl methyl sites for hydroxylation is 2. The van der Waals surface area contributed by atoms with Gasteiger partial charge >= 0.3 is 0 Å². The Labute approximate surface area is 126 Å². The molecule has 0 bridgehead atoms. The number of hydrogen-bond donors (Lipinski definition) is 1. The first-order valence-corrected chi connectivity index (χ1v) is 7.32. The molecule has 0 radical (unpaired) electrons. The third kappa shape index (κ3) is 4.83. The lowest BCUT2D eigenvalue weighted by Crippen LogP contribution is -2.19. The SMILES string of the molecule is Cc1cc(CNCC(C)C)cc(Oc2cccnc2C)n1. The van der Waals surface area contributed by atoms with E-state index in [0.29, 0.717) is 11.8 Å². The van der Waals surface area contributed by atoms with E-state index in [0.717, 1.165) is 30.2 Å². The van der Waals surface area contributed by atoms with E-state index in [1.807, 2.05) is 32.0 Å². The third-order valence-electron chi connectivity index (χ3n) is 3.04. The number of hydrogen-bond acceptors (Lipinski definition) is 4. The molecular formula is C17H23N3O. The highest BCUT2D eigenvalue weighted by Gasteiger charge is 2.05. The van der Waals surface area contributed by atoms with Crippen molar-refractivity contribution in [2.24, 2.45) is 5.92 Å². The molecule has 0 unspecified atom stereocenters. The van der Waals surface area contributed by atoms with Gasteiger partial charge in [-0.05, 0) is 50.1 Å². The second kappa shape index (κ2) is 7.18. The maximum absolute atomic E-state index is 5.86. The molecule has 2 heterocycles. The number of nitrogens with one attached hydrogen (secondary N) is 1. The molecule has 0 aromatic carbocycles. The molecule has 112 valence electrons. The van der Waals surface area contributed by atoms with E-state index in [1.165, 1.54) is 5.56 Å². The molecule has 0 aliphatic rings. The van der Waals surface area contributed by atoms with Gasteiger partial charge in [-0.25, -0.2) is 4.98 Å². The Morgan fingerprint density at radius 3 is 2.76 bits per heavy atom. The predicted molar refractivity (Wildman–Crippen MR) is 84.6 cm³/mol. The van der Waals surface area contributed by atoms with Gasteiger partial charge in [0.25, 0.3) is 0 Å². The van der Waals surface area contributed by atoms with Crippen molar-refractivity contribution in [3.05, 3.63) is 47.4 Å². The van der Waals surface area contributed by atoms with E-state index in [1.54, 1.807) is 6.20 Å². The van der Waals surface area contributed by atoms with Crippen molar-refractivity contribution in [1.82, 2.24) is 15.3 Å². The quantitative estimate of drug-likeness (QED) is 0.880. The molecule has 1 N–H and O–H groups in total. The summed E-state index contributed by atoms with van der Waals surface area (Å²) in [4.78, 5) is 8.66. The molecule has 0 amide bonds. The van der Waals surface area contributed by atoms with Crippen LogP contribution in [0.2, 0.25) is 0 Å². The van der Waals surface area contributed by atoms with Crippen molar-refractivity contribution < 1.29 is 4.74 Å². The number of pyridine rings is 2. The highest BCUT2D eigenvalue weighted by atomic mass is 16.5. The van der Waals surface area contributed by atoms with Crippen LogP contribution in [0.25, 0.3) is 0 Å². The van der Waals surface area contributed by atoms with Crippen LogP contribution >= 0.6 is 0 Å². The van der Waals surface area contributed by atoms with Gasteiger partial charge in [0.05, 0.1) is 5.69 Å². The van der Waals surface area contributed by atoms with E-state index in [2.05, 4.69) is 35.2 Å². The number of rotatable bonds is 6. The van der Waals surface area contributed by atoms with E-state index < -0.39 is 0 Å². The van der Waals surface area contributed by atoms with Crippen LogP contribution in [-0.2, 0) is 6.54 Å². The fraction of sp³-hybridized carbons (Fsp3) is 0.412. The normalized spacial score (nSPS) is 10.9. The first-order valence-electron chi connectivity index (χ1n) is 7.32. The van der Waals surface area contributed by atoms with E-state index in [9.17, 15) is 0 Å². The van der Waals surface area contributed by atoms with Crippen molar-refractivity contribution >= 4 is 0 Å². The minimum atomic E-state index is 0.618. The molecule has 2 aromatic heterocycles. The summed E-state index contributed by atoms with van der Waals surface area (Å²) >= 11 is 0. The van der Waals surface area contributed by atoms with Crippen molar-refractivity contribution in [2.45, 2.75) is 34.2 Å². The third-order valence-corrected chi connectivity index (χ3v) is 3.04. The predicted octanol–water partition coefficient (Wildman–Crippen LogP) is 3.63. The monoisotopic (exact) mass is 285 g/mol. The van der Waals surface area contributed by atoms with Gasteiger partial charge in [-0.15, -0.1) is 0 Å². The molecule has 0 spiro atoms. The molecule has 2 aromatic rings. The van der Waals surface area contributed by atoms with Crippen molar-refractivity contribution in [3.63, 3.8) is 0 Å². The zero-order valence-corrected chi connectivity index (χ0v) is 13.2. The van der Waals surface area contributed by atoms with Crippen LogP contribution in [0.5, 0.6) is 11.6 Å². The first-order chi connectivity index (χ1) is 10.0. The standard InChI is InChI=1S/C17H23N3O/c1-12(2)10-18-11-15-8-13(3)20-17(9-15)21-16-6-5-7-19-14(16)4/h5-9,12,18H,10-11H2,1-4H3. The minimum absolute atomic E-state index is 0.618. The Morgan fingerprint density at radius 1 is 1.24 bits per heavy atom. The van der Waals surface area contributed by atoms with Crippen LogP contribution < -0.4 is 10.1 Å². The van der Waals surface area contributed by atoms with E-state index in [-0.39, 0.29) is 0 Å². The summed E-state index contributed by atoms with van der Waals surface area (Å²) in [7, 11) is 0. The van der Waals surface area contributed by atoms with Gasteiger partial charge in [-0.3, -0.25) is 4.98 Å². The Morgan fingerprint density at radius 2 is 2.05 bits per heavy atom. The molecule has 4 nitrogen and oxygen atoms in total. The second-order valence-electron chi connectivity index (χ2n) is 5.67. The molecule has 0 saturated heterocycles. The van der Waals surface area contributed by atoms with Gasteiger partial charge in [0.15, 0.2) is 5.75 Å². The number of aromatic nitrogens is 2. The summed E-state index contributed by atoms with van der Waals surface area (Å²) in [6.07, 6.45) is 1.76. The Kier molecular flexibility index (Phi) is 5.28. The zero-order valence-electron chi connectivity index (χ0n) is 13.2. The van der Waals surface area contributed by atoms with Crippen LogP contribution in [0.3, 0.4) is 0 Å². The molecule has 21 heavy (non-hydrogen) atoms. The summed E-state index contributed by atoms with van der Waals surface area (Å²) < 4.78 is 5.86. The van der Waals surface area contributed by atoms with Gasteiger partial charge in [0, 0.05) is 24.5 Å². The van der Waals surface area contributed by atoms with Crippen LogP contribution in [0, 0.1) is 19.8 Å². The average molecular weight is 285 g/mol.